The molecule has 0 bridgehead atoms. The SMILES string of the molecule is COc1ccc(C(=Cc2c[nH]c3ccccc23)c2ccc(OC)cc2)cc1. The molecule has 1 aromatic heterocycles. The molecule has 0 unspecified atom stereocenters. The molecule has 1 N–H and O–H groups in total. The Bertz CT molecular complexity index is 1020. The average Bonchev–Trinajstić information content (AvgIpc) is 3.15. The molecule has 3 heteroatoms. The Morgan fingerprint density at radius 2 is 1.30 bits per heavy atom. The van der Waals surface area contributed by atoms with Crippen LogP contribution < -0.4 is 9.47 Å². The number of para-hydroxylation sites is 1. The van der Waals surface area contributed by atoms with Gasteiger partial charge in [-0.1, -0.05) is 42.5 Å². The molecule has 0 aliphatic carbocycles. The average molecular weight is 355 g/mol. The largest absolute Gasteiger partial charge is 0.497 e. The summed E-state index contributed by atoms with van der Waals surface area (Å²) in [7, 11) is 3.36. The van der Waals surface area contributed by atoms with E-state index < -0.39 is 0 Å². The lowest BCUT2D eigenvalue weighted by Crippen LogP contribution is -1.90. The Morgan fingerprint density at radius 1 is 0.741 bits per heavy atom. The van der Waals surface area contributed by atoms with Gasteiger partial charge in [0, 0.05) is 22.7 Å². The third-order valence-electron chi connectivity index (χ3n) is 4.72. The number of ether oxygens (including phenoxy) is 2. The number of aromatic nitrogens is 1. The minimum absolute atomic E-state index is 0.847. The van der Waals surface area contributed by atoms with Gasteiger partial charge in [0.15, 0.2) is 0 Å². The van der Waals surface area contributed by atoms with Crippen molar-refractivity contribution < 1.29 is 9.47 Å². The van der Waals surface area contributed by atoms with E-state index >= 15 is 0 Å². The van der Waals surface area contributed by atoms with Gasteiger partial charge < -0.3 is 14.5 Å². The number of nitrogens with one attached hydrogen (secondary N) is 1. The molecule has 0 aliphatic rings. The quantitative estimate of drug-likeness (QED) is 0.493. The summed E-state index contributed by atoms with van der Waals surface area (Å²) in [5, 5.41) is 1.21. The van der Waals surface area contributed by atoms with Gasteiger partial charge in [0.1, 0.15) is 11.5 Å². The number of aromatic amines is 1. The molecule has 0 fully saturated rings. The van der Waals surface area contributed by atoms with E-state index in [9.17, 15) is 0 Å². The van der Waals surface area contributed by atoms with Crippen molar-refractivity contribution in [3.8, 4) is 11.5 Å². The molecule has 0 radical (unpaired) electrons. The van der Waals surface area contributed by atoms with E-state index in [0.717, 1.165) is 39.3 Å². The Morgan fingerprint density at radius 3 is 1.85 bits per heavy atom. The number of rotatable bonds is 5. The van der Waals surface area contributed by atoms with Crippen molar-refractivity contribution in [3.63, 3.8) is 0 Å². The maximum atomic E-state index is 5.31. The van der Waals surface area contributed by atoms with Gasteiger partial charge in [-0.15, -0.1) is 0 Å². The Hall–Kier alpha value is -3.46. The van der Waals surface area contributed by atoms with Gasteiger partial charge in [-0.2, -0.15) is 0 Å². The fourth-order valence-electron chi connectivity index (χ4n) is 3.24. The molecule has 0 atom stereocenters. The maximum Gasteiger partial charge on any atom is 0.118 e. The second-order valence-corrected chi connectivity index (χ2v) is 6.30. The van der Waals surface area contributed by atoms with Crippen LogP contribution in [-0.4, -0.2) is 19.2 Å². The summed E-state index contributed by atoms with van der Waals surface area (Å²) >= 11 is 0. The van der Waals surface area contributed by atoms with Crippen LogP contribution in [0.3, 0.4) is 0 Å². The molecule has 4 aromatic rings. The minimum Gasteiger partial charge on any atom is -0.497 e. The van der Waals surface area contributed by atoms with E-state index in [-0.39, 0.29) is 0 Å². The summed E-state index contributed by atoms with van der Waals surface area (Å²) in [4.78, 5) is 3.35. The van der Waals surface area contributed by atoms with Crippen LogP contribution in [0.25, 0.3) is 22.6 Å². The van der Waals surface area contributed by atoms with E-state index in [4.69, 9.17) is 9.47 Å². The smallest absolute Gasteiger partial charge is 0.118 e. The fourth-order valence-corrected chi connectivity index (χ4v) is 3.24. The first kappa shape index (κ1) is 17.0. The molecule has 1 heterocycles. The normalized spacial score (nSPS) is 10.6. The van der Waals surface area contributed by atoms with E-state index in [1.54, 1.807) is 14.2 Å². The van der Waals surface area contributed by atoms with Crippen LogP contribution in [0.1, 0.15) is 16.7 Å². The molecule has 27 heavy (non-hydrogen) atoms. The van der Waals surface area contributed by atoms with Crippen LogP contribution in [0, 0.1) is 0 Å². The Labute approximate surface area is 158 Å². The number of hydrogen-bond acceptors (Lipinski definition) is 2. The predicted molar refractivity (Wildman–Crippen MR) is 111 cm³/mol. The first-order valence-electron chi connectivity index (χ1n) is 8.85. The van der Waals surface area contributed by atoms with Gasteiger partial charge in [0.2, 0.25) is 0 Å². The van der Waals surface area contributed by atoms with Crippen LogP contribution >= 0.6 is 0 Å². The zero-order valence-corrected chi connectivity index (χ0v) is 15.4. The first-order valence-corrected chi connectivity index (χ1v) is 8.85. The van der Waals surface area contributed by atoms with Crippen molar-refractivity contribution >= 4 is 22.6 Å². The first-order chi connectivity index (χ1) is 13.3. The van der Waals surface area contributed by atoms with Crippen molar-refractivity contribution in [1.82, 2.24) is 4.98 Å². The number of fused-ring (bicyclic) bond motifs is 1. The maximum absolute atomic E-state index is 5.31. The zero-order chi connectivity index (χ0) is 18.6. The zero-order valence-electron chi connectivity index (χ0n) is 15.4. The monoisotopic (exact) mass is 355 g/mol. The van der Waals surface area contributed by atoms with Crippen molar-refractivity contribution in [1.29, 1.82) is 0 Å². The van der Waals surface area contributed by atoms with Crippen LogP contribution in [0.5, 0.6) is 11.5 Å². The van der Waals surface area contributed by atoms with Gasteiger partial charge >= 0.3 is 0 Å². The number of H-pyrrole nitrogens is 1. The minimum atomic E-state index is 0.847. The fraction of sp³-hybridized carbons (Fsp3) is 0.0833. The molecule has 0 saturated heterocycles. The van der Waals surface area contributed by atoms with Crippen molar-refractivity contribution in [2.75, 3.05) is 14.2 Å². The summed E-state index contributed by atoms with van der Waals surface area (Å²) in [5.41, 5.74) is 5.70. The van der Waals surface area contributed by atoms with Gasteiger partial charge in [-0.3, -0.25) is 0 Å². The lowest BCUT2D eigenvalue weighted by molar-refractivity contribution is 0.414. The summed E-state index contributed by atoms with van der Waals surface area (Å²) in [5.74, 6) is 1.69. The standard InChI is InChI=1S/C24H21NO2/c1-26-20-11-7-17(8-12-20)23(18-9-13-21(27-2)14-10-18)15-19-16-25-24-6-4-3-5-22(19)24/h3-16,25H,1-2H3. The van der Waals surface area contributed by atoms with Crippen LogP contribution in [0.2, 0.25) is 0 Å². The Balaban J connectivity index is 1.86. The summed E-state index contributed by atoms with van der Waals surface area (Å²) in [6, 6.07) is 24.6. The molecule has 0 spiro atoms. The van der Waals surface area contributed by atoms with Gasteiger partial charge in [-0.25, -0.2) is 0 Å². The third kappa shape index (κ3) is 3.44. The molecular weight excluding hydrogens is 334 g/mol. The second kappa shape index (κ2) is 7.42. The van der Waals surface area contributed by atoms with Crippen molar-refractivity contribution in [2.45, 2.75) is 0 Å². The number of hydrogen-bond donors (Lipinski definition) is 1. The second-order valence-electron chi connectivity index (χ2n) is 6.30. The molecular formula is C24H21NO2. The summed E-state index contributed by atoms with van der Waals surface area (Å²) < 4.78 is 10.6. The molecule has 0 saturated carbocycles. The Kier molecular flexibility index (Phi) is 4.67. The van der Waals surface area contributed by atoms with E-state index in [0.29, 0.717) is 0 Å². The van der Waals surface area contributed by atoms with Crippen molar-refractivity contribution in [3.05, 3.63) is 95.7 Å². The topological polar surface area (TPSA) is 34.2 Å². The van der Waals surface area contributed by atoms with Crippen LogP contribution in [0.15, 0.2) is 79.0 Å². The highest BCUT2D eigenvalue weighted by atomic mass is 16.5. The van der Waals surface area contributed by atoms with Crippen LogP contribution in [-0.2, 0) is 0 Å². The molecule has 0 amide bonds. The van der Waals surface area contributed by atoms with Crippen LogP contribution in [0.4, 0.5) is 0 Å². The molecule has 3 nitrogen and oxygen atoms in total. The summed E-state index contributed by atoms with van der Waals surface area (Å²) in [6.07, 6.45) is 4.28. The third-order valence-corrected chi connectivity index (χ3v) is 4.72. The van der Waals surface area contributed by atoms with E-state index in [2.05, 4.69) is 59.7 Å². The molecule has 4 rings (SSSR count). The molecule has 3 aromatic carbocycles. The van der Waals surface area contributed by atoms with E-state index in [1.807, 2.05) is 30.3 Å². The lowest BCUT2D eigenvalue weighted by Gasteiger charge is -2.11. The van der Waals surface area contributed by atoms with E-state index in [1.165, 1.54) is 5.39 Å². The number of methoxy groups -OCH3 is 2. The molecule has 0 aliphatic heterocycles. The predicted octanol–water partition coefficient (Wildman–Crippen LogP) is 5.77. The van der Waals surface area contributed by atoms with Gasteiger partial charge in [-0.05, 0) is 53.1 Å². The number of benzene rings is 3. The van der Waals surface area contributed by atoms with Crippen molar-refractivity contribution in [2.24, 2.45) is 0 Å². The molecule has 134 valence electrons. The lowest BCUT2D eigenvalue weighted by atomic mass is 9.95. The highest BCUT2D eigenvalue weighted by Gasteiger charge is 2.09. The highest BCUT2D eigenvalue weighted by Crippen LogP contribution is 2.31. The highest BCUT2D eigenvalue weighted by molar-refractivity contribution is 5.98. The van der Waals surface area contributed by atoms with Gasteiger partial charge in [0.25, 0.3) is 0 Å². The summed E-state index contributed by atoms with van der Waals surface area (Å²) in [6.45, 7) is 0. The van der Waals surface area contributed by atoms with Gasteiger partial charge in [0.05, 0.1) is 14.2 Å².